The number of oxazole rings is 1. The van der Waals surface area contributed by atoms with E-state index in [1.54, 1.807) is 6.07 Å². The van der Waals surface area contributed by atoms with Crippen LogP contribution >= 0.6 is 0 Å². The molecule has 1 atom stereocenters. The van der Waals surface area contributed by atoms with Crippen molar-refractivity contribution in [3.8, 4) is 0 Å². The second-order valence-corrected chi connectivity index (χ2v) is 6.63. The number of halogens is 1. The Morgan fingerprint density at radius 2 is 2.03 bits per heavy atom. The van der Waals surface area contributed by atoms with E-state index in [4.69, 9.17) is 9.15 Å². The van der Waals surface area contributed by atoms with Crippen LogP contribution in [0.5, 0.6) is 0 Å². The standard InChI is InChI=1S/C20H18FN3O7/c1-12(19(26)22-15-6-3-2-5-14(15)21)30-18(25)7-4-10-23-16-9-8-13(24(28)29)11-17(16)31-20(23)27/h2-3,5-6,8-9,11-12H,4,7,10H2,1H3,(H,22,26). The number of nitrogens with one attached hydrogen (secondary N) is 1. The number of esters is 1. The zero-order chi connectivity index (χ0) is 22.5. The number of ether oxygens (including phenoxy) is 1. The summed E-state index contributed by atoms with van der Waals surface area (Å²) in [5.41, 5.74) is 0.197. The van der Waals surface area contributed by atoms with Crippen LogP contribution in [0.4, 0.5) is 15.8 Å². The summed E-state index contributed by atoms with van der Waals surface area (Å²) >= 11 is 0. The number of carbonyl (C=O) groups is 2. The molecule has 1 heterocycles. The van der Waals surface area contributed by atoms with Gasteiger partial charge in [0.1, 0.15) is 5.82 Å². The minimum atomic E-state index is -1.15. The molecular weight excluding hydrogens is 413 g/mol. The van der Waals surface area contributed by atoms with Gasteiger partial charge in [-0.1, -0.05) is 12.1 Å². The predicted molar refractivity (Wildman–Crippen MR) is 107 cm³/mol. The maximum Gasteiger partial charge on any atom is 0.419 e. The molecule has 3 rings (SSSR count). The number of para-hydroxylation sites is 1. The van der Waals surface area contributed by atoms with E-state index in [0.717, 1.165) is 6.07 Å². The summed E-state index contributed by atoms with van der Waals surface area (Å²) in [6.07, 6.45) is -1.04. The first kappa shape index (κ1) is 21.7. The van der Waals surface area contributed by atoms with Gasteiger partial charge >= 0.3 is 11.7 Å². The van der Waals surface area contributed by atoms with Crippen molar-refractivity contribution in [3.63, 3.8) is 0 Å². The number of amides is 1. The first-order valence-corrected chi connectivity index (χ1v) is 9.29. The van der Waals surface area contributed by atoms with Gasteiger partial charge in [-0.05, 0) is 31.5 Å². The normalized spacial score (nSPS) is 11.8. The fourth-order valence-electron chi connectivity index (χ4n) is 2.87. The van der Waals surface area contributed by atoms with Gasteiger partial charge in [0.2, 0.25) is 0 Å². The number of carbonyl (C=O) groups excluding carboxylic acids is 2. The van der Waals surface area contributed by atoms with Gasteiger partial charge < -0.3 is 14.5 Å². The summed E-state index contributed by atoms with van der Waals surface area (Å²) in [4.78, 5) is 46.3. The summed E-state index contributed by atoms with van der Waals surface area (Å²) in [6, 6.07) is 9.38. The van der Waals surface area contributed by atoms with E-state index < -0.39 is 34.5 Å². The number of fused-ring (bicyclic) bond motifs is 1. The number of nitro groups is 1. The SMILES string of the molecule is CC(OC(=O)CCCn1c(=O)oc2cc([N+](=O)[O-])ccc21)C(=O)Nc1ccccc1F. The molecule has 0 bridgehead atoms. The van der Waals surface area contributed by atoms with Crippen molar-refractivity contribution in [2.24, 2.45) is 0 Å². The summed E-state index contributed by atoms with van der Waals surface area (Å²) in [6.45, 7) is 1.46. The first-order chi connectivity index (χ1) is 14.8. The lowest BCUT2D eigenvalue weighted by Gasteiger charge is -2.14. The fraction of sp³-hybridized carbons (Fsp3) is 0.250. The van der Waals surface area contributed by atoms with E-state index in [0.29, 0.717) is 5.52 Å². The molecule has 1 N–H and O–H groups in total. The summed E-state index contributed by atoms with van der Waals surface area (Å²) in [5.74, 6) is -2.68. The minimum Gasteiger partial charge on any atom is -0.453 e. The van der Waals surface area contributed by atoms with Gasteiger partial charge in [0.15, 0.2) is 11.7 Å². The minimum absolute atomic E-state index is 0.0261. The van der Waals surface area contributed by atoms with Gasteiger partial charge in [0.25, 0.3) is 11.6 Å². The molecule has 0 saturated carbocycles. The van der Waals surface area contributed by atoms with Crippen LogP contribution in [0.2, 0.25) is 0 Å². The third kappa shape index (κ3) is 5.13. The third-order valence-electron chi connectivity index (χ3n) is 4.43. The average molecular weight is 431 g/mol. The van der Waals surface area contributed by atoms with Gasteiger partial charge in [-0.25, -0.2) is 9.18 Å². The number of rotatable bonds is 8. The van der Waals surface area contributed by atoms with Crippen LogP contribution < -0.4 is 11.1 Å². The van der Waals surface area contributed by atoms with E-state index in [1.807, 2.05) is 0 Å². The highest BCUT2D eigenvalue weighted by Crippen LogP contribution is 2.20. The Bertz CT molecular complexity index is 1200. The molecule has 11 heteroatoms. The fourth-order valence-corrected chi connectivity index (χ4v) is 2.87. The number of benzene rings is 2. The van der Waals surface area contributed by atoms with E-state index >= 15 is 0 Å². The molecule has 0 saturated heterocycles. The lowest BCUT2D eigenvalue weighted by atomic mass is 10.2. The molecule has 0 aliphatic carbocycles. The largest absolute Gasteiger partial charge is 0.453 e. The van der Waals surface area contributed by atoms with Crippen molar-refractivity contribution in [1.29, 1.82) is 0 Å². The maximum absolute atomic E-state index is 13.6. The Labute approximate surface area is 174 Å². The van der Waals surface area contributed by atoms with Crippen molar-refractivity contribution in [3.05, 3.63) is 68.9 Å². The number of hydrogen-bond acceptors (Lipinski definition) is 7. The Hall–Kier alpha value is -4.02. The zero-order valence-corrected chi connectivity index (χ0v) is 16.4. The molecule has 10 nitrogen and oxygen atoms in total. The maximum atomic E-state index is 13.6. The van der Waals surface area contributed by atoms with Gasteiger partial charge in [-0.3, -0.25) is 24.3 Å². The van der Waals surface area contributed by atoms with Crippen LogP contribution in [0.25, 0.3) is 11.1 Å². The molecule has 1 amide bonds. The lowest BCUT2D eigenvalue weighted by molar-refractivity contribution is -0.384. The van der Waals surface area contributed by atoms with Crippen molar-refractivity contribution in [2.45, 2.75) is 32.4 Å². The molecule has 3 aromatic rings. The topological polar surface area (TPSA) is 134 Å². The van der Waals surface area contributed by atoms with Crippen LogP contribution in [0, 0.1) is 15.9 Å². The van der Waals surface area contributed by atoms with Gasteiger partial charge in [0.05, 0.1) is 22.2 Å². The van der Waals surface area contributed by atoms with Crippen molar-refractivity contribution < 1.29 is 28.1 Å². The summed E-state index contributed by atoms with van der Waals surface area (Å²) < 4.78 is 24.9. The highest BCUT2D eigenvalue weighted by Gasteiger charge is 2.19. The molecule has 1 aromatic heterocycles. The second-order valence-electron chi connectivity index (χ2n) is 6.63. The van der Waals surface area contributed by atoms with E-state index in [9.17, 15) is 28.9 Å². The average Bonchev–Trinajstić information content (AvgIpc) is 3.04. The van der Waals surface area contributed by atoms with E-state index in [-0.39, 0.29) is 36.3 Å². The number of nitro benzene ring substituents is 1. The molecule has 0 aliphatic rings. The number of aromatic nitrogens is 1. The van der Waals surface area contributed by atoms with Crippen LogP contribution in [0.1, 0.15) is 19.8 Å². The number of non-ortho nitro benzene ring substituents is 1. The Balaban J connectivity index is 1.53. The molecule has 0 radical (unpaired) electrons. The highest BCUT2D eigenvalue weighted by molar-refractivity contribution is 5.95. The monoisotopic (exact) mass is 431 g/mol. The van der Waals surface area contributed by atoms with Gasteiger partial charge in [-0.15, -0.1) is 0 Å². The van der Waals surface area contributed by atoms with Crippen LogP contribution in [0.3, 0.4) is 0 Å². The number of nitrogens with zero attached hydrogens (tertiary/aromatic N) is 2. The molecule has 0 spiro atoms. The number of hydrogen-bond donors (Lipinski definition) is 1. The van der Waals surface area contributed by atoms with Gasteiger partial charge in [0, 0.05) is 19.0 Å². The Morgan fingerprint density at radius 3 is 2.74 bits per heavy atom. The smallest absolute Gasteiger partial charge is 0.419 e. The molecule has 162 valence electrons. The first-order valence-electron chi connectivity index (χ1n) is 9.29. The molecule has 0 fully saturated rings. The Morgan fingerprint density at radius 1 is 1.29 bits per heavy atom. The Kier molecular flexibility index (Phi) is 6.43. The summed E-state index contributed by atoms with van der Waals surface area (Å²) in [7, 11) is 0. The van der Waals surface area contributed by atoms with Crippen LogP contribution in [-0.4, -0.2) is 27.5 Å². The summed E-state index contributed by atoms with van der Waals surface area (Å²) in [5, 5.41) is 13.2. The van der Waals surface area contributed by atoms with Crippen molar-refractivity contribution in [2.75, 3.05) is 5.32 Å². The second kappa shape index (κ2) is 9.20. The predicted octanol–water partition coefficient (Wildman–Crippen LogP) is 2.99. The molecule has 1 unspecified atom stereocenters. The molecule has 2 aromatic carbocycles. The molecule has 0 aliphatic heterocycles. The third-order valence-corrected chi connectivity index (χ3v) is 4.43. The number of aryl methyl sites for hydroxylation is 1. The van der Waals surface area contributed by atoms with Gasteiger partial charge in [-0.2, -0.15) is 0 Å². The molecular formula is C20H18FN3O7. The van der Waals surface area contributed by atoms with E-state index in [2.05, 4.69) is 5.32 Å². The lowest BCUT2D eigenvalue weighted by Crippen LogP contribution is -2.30. The van der Waals surface area contributed by atoms with Crippen LogP contribution in [-0.2, 0) is 20.9 Å². The molecule has 31 heavy (non-hydrogen) atoms. The highest BCUT2D eigenvalue weighted by atomic mass is 19.1. The van der Waals surface area contributed by atoms with Crippen molar-refractivity contribution >= 4 is 34.4 Å². The van der Waals surface area contributed by atoms with Crippen LogP contribution in [0.15, 0.2) is 51.7 Å². The quantitative estimate of drug-likeness (QED) is 0.329. The van der Waals surface area contributed by atoms with E-state index in [1.165, 1.54) is 41.8 Å². The zero-order valence-electron chi connectivity index (χ0n) is 16.4. The van der Waals surface area contributed by atoms with Crippen molar-refractivity contribution in [1.82, 2.24) is 4.57 Å². The number of anilines is 1.